The first-order valence-corrected chi connectivity index (χ1v) is 22.7. The van der Waals surface area contributed by atoms with E-state index < -0.39 is 90.1 Å². The van der Waals surface area contributed by atoms with E-state index in [0.717, 1.165) is 36.4 Å². The molecule has 0 aliphatic rings. The molecule has 0 radical (unpaired) electrons. The fourth-order valence-corrected chi connectivity index (χ4v) is 9.26. The SMILES string of the molecule is O=S(=O)(O)c1ccc(S(=O)(=O)O)c2ccccc12.O=S(=O)(O)c1ccc(S(=O)(=O)O)c2ccccc12.O=S(=O)(O)c1ccc(S(=O)(=O)O)c2ccccc12.[H-].[H-].[H-].[Na+].[Na+].[Na+]. The minimum Gasteiger partial charge on any atom is -1.00 e. The molecule has 57 heavy (non-hydrogen) atoms. The Balaban J connectivity index is -0.000000774. The third-order valence-electron chi connectivity index (χ3n) is 7.20. The quantitative estimate of drug-likeness (QED) is 0.0676. The smallest absolute Gasteiger partial charge is 1.00 e. The van der Waals surface area contributed by atoms with Crippen molar-refractivity contribution in [1.82, 2.24) is 0 Å². The maximum Gasteiger partial charge on any atom is 1.00 e. The Hall–Kier alpha value is -1.44. The van der Waals surface area contributed by atoms with E-state index in [-0.39, 0.29) is 125 Å². The molecule has 0 saturated carbocycles. The van der Waals surface area contributed by atoms with Crippen molar-refractivity contribution >= 4 is 93.0 Å². The summed E-state index contributed by atoms with van der Waals surface area (Å²) in [5.41, 5.74) is 0. The second-order valence-electron chi connectivity index (χ2n) is 10.7. The van der Waals surface area contributed by atoms with Crippen LogP contribution in [-0.2, 0) is 60.7 Å². The number of fused-ring (bicyclic) bond motifs is 3. The average Bonchev–Trinajstić information content (AvgIpc) is 3.04. The zero-order chi connectivity index (χ0) is 40.7. The number of hydrogen-bond acceptors (Lipinski definition) is 12. The summed E-state index contributed by atoms with van der Waals surface area (Å²) in [6.07, 6.45) is 0. The Bertz CT molecular complexity index is 2620. The van der Waals surface area contributed by atoms with E-state index >= 15 is 0 Å². The van der Waals surface area contributed by atoms with Crippen LogP contribution in [0.5, 0.6) is 0 Å². The third-order valence-corrected chi connectivity index (χ3v) is 12.7. The van der Waals surface area contributed by atoms with Gasteiger partial charge >= 0.3 is 88.7 Å². The summed E-state index contributed by atoms with van der Waals surface area (Å²) in [5.74, 6) is 0. The third kappa shape index (κ3) is 13.3. The standard InChI is InChI=1S/3C10H8O6S2.3Na.3H/c3*11-17(12,13)9-5-6-10(18(14,15)16)8-4-2-1-3-7(8)9;;;;;;/h3*1-6H,(H,11,12,13)(H,14,15,16);;;;;;/q;;;3*+1;3*-1. The molecule has 0 atom stereocenters. The van der Waals surface area contributed by atoms with Gasteiger partial charge in [0.25, 0.3) is 60.7 Å². The van der Waals surface area contributed by atoms with Crippen LogP contribution in [-0.4, -0.2) is 77.8 Å². The van der Waals surface area contributed by atoms with Crippen molar-refractivity contribution < 1.29 is 171 Å². The van der Waals surface area contributed by atoms with Gasteiger partial charge in [-0.15, -0.1) is 0 Å². The van der Waals surface area contributed by atoms with Crippen LogP contribution < -0.4 is 88.7 Å². The largest absolute Gasteiger partial charge is 1.00 e. The van der Waals surface area contributed by atoms with Crippen LogP contribution in [0.25, 0.3) is 32.3 Å². The maximum atomic E-state index is 11.2. The summed E-state index contributed by atoms with van der Waals surface area (Å²) in [4.78, 5) is -2.47. The summed E-state index contributed by atoms with van der Waals surface area (Å²) in [6.45, 7) is 0. The van der Waals surface area contributed by atoms with E-state index in [4.69, 9.17) is 27.3 Å². The molecule has 0 aliphatic carbocycles. The average molecular weight is 937 g/mol. The van der Waals surface area contributed by atoms with Gasteiger partial charge in [0.2, 0.25) is 0 Å². The van der Waals surface area contributed by atoms with Crippen LogP contribution in [0.4, 0.5) is 0 Å². The molecule has 294 valence electrons. The fraction of sp³-hybridized carbons (Fsp3) is 0. The van der Waals surface area contributed by atoms with E-state index in [9.17, 15) is 50.5 Å². The van der Waals surface area contributed by atoms with Gasteiger partial charge in [0.1, 0.15) is 29.4 Å². The van der Waals surface area contributed by atoms with Gasteiger partial charge in [0.05, 0.1) is 0 Å². The zero-order valence-corrected chi connectivity index (χ0v) is 40.3. The van der Waals surface area contributed by atoms with Gasteiger partial charge in [-0.3, -0.25) is 27.3 Å². The molecule has 0 fully saturated rings. The topological polar surface area (TPSA) is 326 Å². The minimum atomic E-state index is -4.47. The molecule has 6 aromatic rings. The molecule has 0 amide bonds. The molecule has 0 bridgehead atoms. The number of benzene rings is 6. The zero-order valence-electron chi connectivity index (χ0n) is 32.4. The van der Waals surface area contributed by atoms with Gasteiger partial charge < -0.3 is 4.28 Å². The van der Waals surface area contributed by atoms with Crippen molar-refractivity contribution in [1.29, 1.82) is 0 Å². The monoisotopic (exact) mass is 936 g/mol. The molecule has 0 saturated heterocycles. The maximum absolute atomic E-state index is 11.2. The summed E-state index contributed by atoms with van der Waals surface area (Å²) in [7, 11) is -26.8. The molecular formula is C30H27Na3O18S6. The van der Waals surface area contributed by atoms with E-state index in [1.807, 2.05) is 0 Å². The van der Waals surface area contributed by atoms with Crippen LogP contribution >= 0.6 is 0 Å². The molecule has 6 rings (SSSR count). The summed E-state index contributed by atoms with van der Waals surface area (Å²) in [6, 6.07) is 22.6. The molecule has 0 spiro atoms. The van der Waals surface area contributed by atoms with Crippen molar-refractivity contribution in [2.75, 3.05) is 0 Å². The Kier molecular flexibility index (Phi) is 18.8. The fourth-order valence-electron chi connectivity index (χ4n) is 5.08. The summed E-state index contributed by atoms with van der Waals surface area (Å²) >= 11 is 0. The first kappa shape index (κ1) is 53.6. The summed E-state index contributed by atoms with van der Waals surface area (Å²) in [5, 5.41) is 0.140. The van der Waals surface area contributed by atoms with Crippen LogP contribution in [0.1, 0.15) is 4.28 Å². The molecule has 6 aromatic carbocycles. The van der Waals surface area contributed by atoms with Gasteiger partial charge in [-0.05, 0) is 36.4 Å². The Morgan fingerprint density at radius 1 is 0.246 bits per heavy atom. The van der Waals surface area contributed by atoms with Gasteiger partial charge in [-0.2, -0.15) is 50.5 Å². The van der Waals surface area contributed by atoms with Crippen molar-refractivity contribution in [3.05, 3.63) is 109 Å². The van der Waals surface area contributed by atoms with Crippen molar-refractivity contribution in [3.63, 3.8) is 0 Å². The molecule has 18 nitrogen and oxygen atoms in total. The van der Waals surface area contributed by atoms with Gasteiger partial charge in [0.15, 0.2) is 0 Å². The summed E-state index contributed by atoms with van der Waals surface area (Å²) < 4.78 is 188. The van der Waals surface area contributed by atoms with Crippen LogP contribution in [0.2, 0.25) is 0 Å². The van der Waals surface area contributed by atoms with E-state index in [1.54, 1.807) is 0 Å². The number of hydrogen-bond donors (Lipinski definition) is 6. The predicted molar refractivity (Wildman–Crippen MR) is 194 cm³/mol. The molecule has 0 heterocycles. The van der Waals surface area contributed by atoms with Crippen LogP contribution in [0, 0.1) is 0 Å². The Morgan fingerprint density at radius 2 is 0.351 bits per heavy atom. The number of rotatable bonds is 6. The molecule has 0 aliphatic heterocycles. The predicted octanol–water partition coefficient (Wildman–Crippen LogP) is -4.65. The van der Waals surface area contributed by atoms with E-state index in [1.165, 1.54) is 72.8 Å². The van der Waals surface area contributed by atoms with E-state index in [0.29, 0.717) is 0 Å². The van der Waals surface area contributed by atoms with Crippen molar-refractivity contribution in [3.8, 4) is 0 Å². The molecule has 0 aromatic heterocycles. The van der Waals surface area contributed by atoms with Crippen LogP contribution in [0.3, 0.4) is 0 Å². The van der Waals surface area contributed by atoms with Crippen molar-refractivity contribution in [2.24, 2.45) is 0 Å². The molecular weight excluding hydrogens is 910 g/mol. The Labute approximate surface area is 397 Å². The van der Waals surface area contributed by atoms with Crippen molar-refractivity contribution in [2.45, 2.75) is 29.4 Å². The molecule has 0 unspecified atom stereocenters. The second kappa shape index (κ2) is 20.0. The minimum absolute atomic E-state index is 0. The van der Waals surface area contributed by atoms with Crippen LogP contribution in [0.15, 0.2) is 139 Å². The molecule has 27 heteroatoms. The van der Waals surface area contributed by atoms with E-state index in [2.05, 4.69) is 0 Å². The normalized spacial score (nSPS) is 12.1. The van der Waals surface area contributed by atoms with Gasteiger partial charge in [-0.1, -0.05) is 72.8 Å². The first-order valence-electron chi connectivity index (χ1n) is 14.0. The van der Waals surface area contributed by atoms with Gasteiger partial charge in [0, 0.05) is 32.3 Å². The first-order chi connectivity index (χ1) is 24.6. The molecule has 6 N–H and O–H groups in total. The van der Waals surface area contributed by atoms with Gasteiger partial charge in [-0.25, -0.2) is 0 Å². The Morgan fingerprint density at radius 3 is 0.439 bits per heavy atom. The second-order valence-corrected chi connectivity index (χ2v) is 19.0.